The van der Waals surface area contributed by atoms with E-state index in [1.165, 1.54) is 24.7 Å². The number of hydrogen-bond donors (Lipinski definition) is 0. The van der Waals surface area contributed by atoms with Crippen molar-refractivity contribution in [2.24, 2.45) is 0 Å². The first-order chi connectivity index (χ1) is 14.3. The molecule has 0 saturated carbocycles. The maximum absolute atomic E-state index is 12.9. The zero-order valence-electron chi connectivity index (χ0n) is 17.0. The molecule has 0 N–H and O–H groups in total. The third kappa shape index (κ3) is 4.03. The Morgan fingerprint density at radius 3 is 2.43 bits per heavy atom. The number of rotatable bonds is 6. The van der Waals surface area contributed by atoms with Crippen LogP contribution in [0.25, 0.3) is 11.4 Å². The predicted octanol–water partition coefficient (Wildman–Crippen LogP) is 3.45. The van der Waals surface area contributed by atoms with Crippen molar-refractivity contribution in [3.63, 3.8) is 0 Å². The highest BCUT2D eigenvalue weighted by molar-refractivity contribution is 7.89. The minimum atomic E-state index is -3.77. The van der Waals surface area contributed by atoms with Gasteiger partial charge in [0.05, 0.1) is 11.4 Å². The Bertz CT molecular complexity index is 1140. The van der Waals surface area contributed by atoms with Gasteiger partial charge in [0, 0.05) is 18.7 Å². The molecule has 1 aliphatic rings. The van der Waals surface area contributed by atoms with Crippen LogP contribution >= 0.6 is 0 Å². The molecule has 0 amide bonds. The lowest BCUT2D eigenvalue weighted by molar-refractivity contribution is 0.171. The normalized spacial score (nSPS) is 13.8. The van der Waals surface area contributed by atoms with E-state index in [1.807, 2.05) is 24.3 Å². The van der Waals surface area contributed by atoms with Gasteiger partial charge < -0.3 is 14.0 Å². The molecule has 3 aromatic rings. The van der Waals surface area contributed by atoms with Gasteiger partial charge in [0.1, 0.15) is 13.2 Å². The Balaban J connectivity index is 1.50. The van der Waals surface area contributed by atoms with Gasteiger partial charge in [0.15, 0.2) is 11.5 Å². The summed E-state index contributed by atoms with van der Waals surface area (Å²) in [6.45, 7) is 5.03. The molecule has 2 heterocycles. The molecule has 8 nitrogen and oxygen atoms in total. The lowest BCUT2D eigenvalue weighted by Gasteiger charge is -2.20. The number of nitrogens with zero attached hydrogens (tertiary/aromatic N) is 3. The predicted molar refractivity (Wildman–Crippen MR) is 110 cm³/mol. The lowest BCUT2D eigenvalue weighted by atomic mass is 10.0. The van der Waals surface area contributed by atoms with Gasteiger partial charge in [-0.25, -0.2) is 8.42 Å². The maximum Gasteiger partial charge on any atom is 0.243 e. The van der Waals surface area contributed by atoms with E-state index in [-0.39, 0.29) is 17.3 Å². The van der Waals surface area contributed by atoms with Crippen LogP contribution in [0.4, 0.5) is 0 Å². The van der Waals surface area contributed by atoms with Crippen LogP contribution in [-0.2, 0) is 16.6 Å². The molecule has 4 rings (SSSR count). The third-order valence-electron chi connectivity index (χ3n) is 4.88. The molecule has 0 unspecified atom stereocenters. The summed E-state index contributed by atoms with van der Waals surface area (Å²) in [6.07, 6.45) is 0. The molecule has 0 fully saturated rings. The summed E-state index contributed by atoms with van der Waals surface area (Å²) in [5.41, 5.74) is 2.03. The monoisotopic (exact) mass is 429 g/mol. The standard InChI is InChI=1S/C21H23N3O5S/c1-14(2)15-4-6-16(7-5-15)21-22-20(29-23-21)13-24(3)30(25,26)17-8-9-18-19(12-17)28-11-10-27-18/h4-9,12,14H,10-11,13H2,1-3H3. The zero-order valence-corrected chi connectivity index (χ0v) is 17.8. The summed E-state index contributed by atoms with van der Waals surface area (Å²) in [5, 5.41) is 3.98. The first-order valence-electron chi connectivity index (χ1n) is 9.63. The van der Waals surface area contributed by atoms with Crippen LogP contribution in [0, 0.1) is 0 Å². The molecule has 2 aromatic carbocycles. The first kappa shape index (κ1) is 20.4. The number of ether oxygens (including phenoxy) is 2. The number of hydrogen-bond acceptors (Lipinski definition) is 7. The number of sulfonamides is 1. The van der Waals surface area contributed by atoms with E-state index in [4.69, 9.17) is 14.0 Å². The van der Waals surface area contributed by atoms with Crippen LogP contribution in [-0.4, -0.2) is 43.1 Å². The molecular formula is C21H23N3O5S. The van der Waals surface area contributed by atoms with Gasteiger partial charge in [0.2, 0.25) is 21.7 Å². The van der Waals surface area contributed by atoms with E-state index in [0.717, 1.165) is 9.87 Å². The Kier molecular flexibility index (Phi) is 5.48. The number of benzene rings is 2. The Morgan fingerprint density at radius 1 is 1.03 bits per heavy atom. The number of aromatic nitrogens is 2. The fraction of sp³-hybridized carbons (Fsp3) is 0.333. The molecule has 0 radical (unpaired) electrons. The molecule has 0 aliphatic carbocycles. The Morgan fingerprint density at radius 2 is 1.73 bits per heavy atom. The van der Waals surface area contributed by atoms with E-state index in [9.17, 15) is 8.42 Å². The zero-order chi connectivity index (χ0) is 21.3. The van der Waals surface area contributed by atoms with E-state index in [0.29, 0.717) is 36.5 Å². The van der Waals surface area contributed by atoms with Crippen molar-refractivity contribution in [2.75, 3.05) is 20.3 Å². The summed E-state index contributed by atoms with van der Waals surface area (Å²) in [4.78, 5) is 4.45. The van der Waals surface area contributed by atoms with Gasteiger partial charge in [-0.05, 0) is 23.6 Å². The minimum absolute atomic E-state index is 0.0478. The Hall–Kier alpha value is -2.91. The second kappa shape index (κ2) is 8.08. The topological polar surface area (TPSA) is 94.8 Å². The first-order valence-corrected chi connectivity index (χ1v) is 11.1. The molecule has 30 heavy (non-hydrogen) atoms. The minimum Gasteiger partial charge on any atom is -0.486 e. The fourth-order valence-corrected chi connectivity index (χ4v) is 4.23. The maximum atomic E-state index is 12.9. The SMILES string of the molecule is CC(C)c1ccc(-c2noc(CN(C)S(=O)(=O)c3ccc4c(c3)OCCO4)n2)cc1. The third-order valence-corrected chi connectivity index (χ3v) is 6.68. The van der Waals surface area contributed by atoms with Crippen LogP contribution in [0.1, 0.15) is 31.2 Å². The summed E-state index contributed by atoms with van der Waals surface area (Å²) >= 11 is 0. The van der Waals surface area contributed by atoms with Gasteiger partial charge in [-0.15, -0.1) is 0 Å². The van der Waals surface area contributed by atoms with Crippen LogP contribution in [0.5, 0.6) is 11.5 Å². The molecular weight excluding hydrogens is 406 g/mol. The summed E-state index contributed by atoms with van der Waals surface area (Å²) in [5.74, 6) is 2.01. The quantitative estimate of drug-likeness (QED) is 0.592. The second-order valence-electron chi connectivity index (χ2n) is 7.35. The highest BCUT2D eigenvalue weighted by Crippen LogP contribution is 2.33. The van der Waals surface area contributed by atoms with E-state index in [1.54, 1.807) is 6.07 Å². The van der Waals surface area contributed by atoms with Crippen molar-refractivity contribution in [1.82, 2.24) is 14.4 Å². The van der Waals surface area contributed by atoms with Crippen molar-refractivity contribution in [3.05, 3.63) is 53.9 Å². The van der Waals surface area contributed by atoms with Gasteiger partial charge in [-0.2, -0.15) is 9.29 Å². The summed E-state index contributed by atoms with van der Waals surface area (Å²) < 4.78 is 43.3. The van der Waals surface area contributed by atoms with Gasteiger partial charge in [-0.3, -0.25) is 0 Å². The van der Waals surface area contributed by atoms with E-state index in [2.05, 4.69) is 24.0 Å². The molecule has 0 spiro atoms. The number of fused-ring (bicyclic) bond motifs is 1. The van der Waals surface area contributed by atoms with Crippen LogP contribution in [0.15, 0.2) is 51.9 Å². The van der Waals surface area contributed by atoms with Crippen molar-refractivity contribution >= 4 is 10.0 Å². The molecule has 0 saturated heterocycles. The second-order valence-corrected chi connectivity index (χ2v) is 9.40. The van der Waals surface area contributed by atoms with Crippen LogP contribution in [0.2, 0.25) is 0 Å². The van der Waals surface area contributed by atoms with Crippen molar-refractivity contribution in [3.8, 4) is 22.9 Å². The summed E-state index contributed by atoms with van der Waals surface area (Å²) in [7, 11) is -2.31. The molecule has 0 atom stereocenters. The lowest BCUT2D eigenvalue weighted by Crippen LogP contribution is -2.27. The summed E-state index contributed by atoms with van der Waals surface area (Å²) in [6, 6.07) is 12.5. The molecule has 0 bridgehead atoms. The smallest absolute Gasteiger partial charge is 0.243 e. The molecule has 1 aromatic heterocycles. The van der Waals surface area contributed by atoms with Crippen molar-refractivity contribution in [2.45, 2.75) is 31.2 Å². The highest BCUT2D eigenvalue weighted by Gasteiger charge is 2.25. The average molecular weight is 429 g/mol. The van der Waals surface area contributed by atoms with Crippen LogP contribution in [0.3, 0.4) is 0 Å². The van der Waals surface area contributed by atoms with E-state index >= 15 is 0 Å². The van der Waals surface area contributed by atoms with Crippen molar-refractivity contribution in [1.29, 1.82) is 0 Å². The van der Waals surface area contributed by atoms with Gasteiger partial charge in [0.25, 0.3) is 0 Å². The molecule has 1 aliphatic heterocycles. The average Bonchev–Trinajstić information content (AvgIpc) is 3.22. The Labute approximate surface area is 175 Å². The largest absolute Gasteiger partial charge is 0.486 e. The van der Waals surface area contributed by atoms with Crippen molar-refractivity contribution < 1.29 is 22.4 Å². The highest BCUT2D eigenvalue weighted by atomic mass is 32.2. The van der Waals surface area contributed by atoms with Gasteiger partial charge >= 0.3 is 0 Å². The fourth-order valence-electron chi connectivity index (χ4n) is 3.09. The molecule has 158 valence electrons. The van der Waals surface area contributed by atoms with Gasteiger partial charge in [-0.1, -0.05) is 43.3 Å². The van der Waals surface area contributed by atoms with E-state index < -0.39 is 10.0 Å². The van der Waals surface area contributed by atoms with Crippen LogP contribution < -0.4 is 9.47 Å². The molecule has 9 heteroatoms.